The summed E-state index contributed by atoms with van der Waals surface area (Å²) in [7, 11) is 0. The summed E-state index contributed by atoms with van der Waals surface area (Å²) >= 11 is 5.41. The summed E-state index contributed by atoms with van der Waals surface area (Å²) in [6.07, 6.45) is 3.55. The molecule has 1 aromatic carbocycles. The van der Waals surface area contributed by atoms with Gasteiger partial charge < -0.3 is 5.32 Å². The lowest BCUT2D eigenvalue weighted by atomic mass is 10.0. The van der Waals surface area contributed by atoms with E-state index in [0.29, 0.717) is 6.04 Å². The van der Waals surface area contributed by atoms with Crippen molar-refractivity contribution in [3.8, 4) is 0 Å². The molecule has 0 saturated heterocycles. The number of benzene rings is 1. The highest BCUT2D eigenvalue weighted by Gasteiger charge is 2.13. The fourth-order valence-electron chi connectivity index (χ4n) is 2.31. The highest BCUT2D eigenvalue weighted by atomic mass is 79.9. The topological polar surface area (TPSA) is 12.0 Å². The van der Waals surface area contributed by atoms with Crippen LogP contribution in [0, 0.1) is 0 Å². The second-order valence-electron chi connectivity index (χ2n) is 4.66. The van der Waals surface area contributed by atoms with Crippen LogP contribution in [0.4, 0.5) is 0 Å². The molecule has 0 spiro atoms. The largest absolute Gasteiger partial charge is 0.310 e. The first-order chi connectivity index (χ1) is 9.31. The smallest absolute Gasteiger partial charge is 0.0339 e. The Bertz CT molecular complexity index is 481. The molecule has 0 saturated carbocycles. The van der Waals surface area contributed by atoms with Crippen molar-refractivity contribution >= 4 is 27.3 Å². The van der Waals surface area contributed by atoms with Crippen LogP contribution >= 0.6 is 27.3 Å². The van der Waals surface area contributed by atoms with Crippen LogP contribution in [0.3, 0.4) is 0 Å². The SMILES string of the molecule is CCNC(CCCc1ccccc1)c1cscc1Br. The lowest BCUT2D eigenvalue weighted by Gasteiger charge is -2.17. The van der Waals surface area contributed by atoms with Crippen molar-refractivity contribution in [1.29, 1.82) is 0 Å². The second-order valence-corrected chi connectivity index (χ2v) is 6.26. The molecule has 0 bridgehead atoms. The summed E-state index contributed by atoms with van der Waals surface area (Å²) in [6, 6.07) is 11.2. The molecule has 1 nitrogen and oxygen atoms in total. The third kappa shape index (κ3) is 4.44. The summed E-state index contributed by atoms with van der Waals surface area (Å²) in [6.45, 7) is 3.18. The Hall–Kier alpha value is -0.640. The monoisotopic (exact) mass is 337 g/mol. The Morgan fingerprint density at radius 2 is 2.00 bits per heavy atom. The maximum atomic E-state index is 3.64. The van der Waals surface area contributed by atoms with Gasteiger partial charge in [0.2, 0.25) is 0 Å². The standard InChI is InChI=1S/C16H20BrNS/c1-2-18-16(14-11-19-12-15(14)17)10-6-9-13-7-4-3-5-8-13/h3-5,7-8,11-12,16,18H,2,6,9-10H2,1H3. The predicted octanol–water partition coefficient (Wildman–Crippen LogP) is 5.18. The van der Waals surface area contributed by atoms with Crippen molar-refractivity contribution in [1.82, 2.24) is 5.32 Å². The lowest BCUT2D eigenvalue weighted by Crippen LogP contribution is -2.20. The van der Waals surface area contributed by atoms with Crippen LogP contribution in [-0.2, 0) is 6.42 Å². The highest BCUT2D eigenvalue weighted by Crippen LogP contribution is 2.30. The molecule has 0 radical (unpaired) electrons. The maximum absolute atomic E-state index is 3.64. The van der Waals surface area contributed by atoms with Gasteiger partial charge in [0.15, 0.2) is 0 Å². The van der Waals surface area contributed by atoms with Crippen molar-refractivity contribution in [2.24, 2.45) is 0 Å². The number of thiophene rings is 1. The number of hydrogen-bond donors (Lipinski definition) is 1. The molecule has 1 atom stereocenters. The molecule has 1 N–H and O–H groups in total. The van der Waals surface area contributed by atoms with E-state index in [0.717, 1.165) is 13.0 Å². The minimum absolute atomic E-state index is 0.467. The molecule has 1 heterocycles. The predicted molar refractivity (Wildman–Crippen MR) is 87.8 cm³/mol. The zero-order valence-corrected chi connectivity index (χ0v) is 13.6. The minimum atomic E-state index is 0.467. The van der Waals surface area contributed by atoms with Gasteiger partial charge in [-0.25, -0.2) is 0 Å². The lowest BCUT2D eigenvalue weighted by molar-refractivity contribution is 0.498. The van der Waals surface area contributed by atoms with E-state index in [1.807, 2.05) is 0 Å². The highest BCUT2D eigenvalue weighted by molar-refractivity contribution is 9.10. The molecule has 0 amide bonds. The molecule has 1 aromatic heterocycles. The molecular formula is C16H20BrNS. The molecule has 0 aliphatic rings. The van der Waals surface area contributed by atoms with E-state index in [2.05, 4.69) is 69.3 Å². The molecule has 1 unspecified atom stereocenters. The number of hydrogen-bond acceptors (Lipinski definition) is 2. The third-order valence-electron chi connectivity index (χ3n) is 3.27. The van der Waals surface area contributed by atoms with Crippen molar-refractivity contribution < 1.29 is 0 Å². The van der Waals surface area contributed by atoms with Crippen LogP contribution in [0.2, 0.25) is 0 Å². The van der Waals surface area contributed by atoms with E-state index < -0.39 is 0 Å². The maximum Gasteiger partial charge on any atom is 0.0339 e. The van der Waals surface area contributed by atoms with Crippen molar-refractivity contribution in [3.63, 3.8) is 0 Å². The molecule has 0 aliphatic heterocycles. The van der Waals surface area contributed by atoms with Gasteiger partial charge in [0.05, 0.1) is 0 Å². The Morgan fingerprint density at radius 3 is 2.63 bits per heavy atom. The van der Waals surface area contributed by atoms with Crippen LogP contribution in [0.15, 0.2) is 45.6 Å². The molecule has 0 aliphatic carbocycles. The van der Waals surface area contributed by atoms with Crippen LogP contribution in [0.25, 0.3) is 0 Å². The molecule has 0 fully saturated rings. The van der Waals surface area contributed by atoms with Crippen molar-refractivity contribution in [3.05, 3.63) is 56.7 Å². The van der Waals surface area contributed by atoms with E-state index in [-0.39, 0.29) is 0 Å². The summed E-state index contributed by atoms with van der Waals surface area (Å²) in [5.74, 6) is 0. The van der Waals surface area contributed by atoms with Crippen molar-refractivity contribution in [2.75, 3.05) is 6.54 Å². The average Bonchev–Trinajstić information content (AvgIpc) is 2.85. The molecule has 2 aromatic rings. The van der Waals surface area contributed by atoms with Gasteiger partial charge >= 0.3 is 0 Å². The second kappa shape index (κ2) is 7.83. The Balaban J connectivity index is 1.89. The fraction of sp³-hybridized carbons (Fsp3) is 0.375. The van der Waals surface area contributed by atoms with Gasteiger partial charge in [0.25, 0.3) is 0 Å². The van der Waals surface area contributed by atoms with E-state index in [4.69, 9.17) is 0 Å². The molecule has 3 heteroatoms. The molecule has 19 heavy (non-hydrogen) atoms. The van der Waals surface area contributed by atoms with E-state index >= 15 is 0 Å². The van der Waals surface area contributed by atoms with Gasteiger partial charge in [-0.15, -0.1) is 0 Å². The third-order valence-corrected chi connectivity index (χ3v) is 5.02. The number of halogens is 1. The van der Waals surface area contributed by atoms with Crippen LogP contribution < -0.4 is 5.32 Å². The Labute approximate surface area is 128 Å². The first kappa shape index (κ1) is 14.8. The van der Waals surface area contributed by atoms with Gasteiger partial charge in [-0.3, -0.25) is 0 Å². The zero-order chi connectivity index (χ0) is 13.5. The van der Waals surface area contributed by atoms with Gasteiger partial charge in [0.1, 0.15) is 0 Å². The number of rotatable bonds is 7. The summed E-state index contributed by atoms with van der Waals surface area (Å²) in [5.41, 5.74) is 2.84. The summed E-state index contributed by atoms with van der Waals surface area (Å²) in [5, 5.41) is 8.00. The van der Waals surface area contributed by atoms with Gasteiger partial charge in [-0.2, -0.15) is 11.3 Å². The first-order valence-electron chi connectivity index (χ1n) is 6.80. The Morgan fingerprint density at radius 1 is 1.21 bits per heavy atom. The van der Waals surface area contributed by atoms with Gasteiger partial charge in [-0.05, 0) is 58.2 Å². The first-order valence-corrected chi connectivity index (χ1v) is 8.53. The summed E-state index contributed by atoms with van der Waals surface area (Å²) < 4.78 is 1.24. The normalized spacial score (nSPS) is 12.5. The Kier molecular flexibility index (Phi) is 6.08. The number of nitrogens with one attached hydrogen (secondary N) is 1. The molecule has 102 valence electrons. The van der Waals surface area contributed by atoms with Crippen LogP contribution in [0.5, 0.6) is 0 Å². The van der Waals surface area contributed by atoms with Crippen molar-refractivity contribution in [2.45, 2.75) is 32.2 Å². The van der Waals surface area contributed by atoms with E-state index in [1.54, 1.807) is 11.3 Å². The zero-order valence-electron chi connectivity index (χ0n) is 11.2. The fourth-order valence-corrected chi connectivity index (χ4v) is 3.94. The summed E-state index contributed by atoms with van der Waals surface area (Å²) in [4.78, 5) is 0. The quantitative estimate of drug-likeness (QED) is 0.733. The van der Waals surface area contributed by atoms with Crippen LogP contribution in [0.1, 0.15) is 36.9 Å². The van der Waals surface area contributed by atoms with Gasteiger partial charge in [-0.1, -0.05) is 37.3 Å². The molecule has 2 rings (SSSR count). The van der Waals surface area contributed by atoms with E-state index in [9.17, 15) is 0 Å². The molecular weight excluding hydrogens is 318 g/mol. The average molecular weight is 338 g/mol. The minimum Gasteiger partial charge on any atom is -0.310 e. The van der Waals surface area contributed by atoms with Gasteiger partial charge in [0, 0.05) is 15.9 Å². The van der Waals surface area contributed by atoms with Crippen LogP contribution in [-0.4, -0.2) is 6.54 Å². The number of aryl methyl sites for hydroxylation is 1. The van der Waals surface area contributed by atoms with E-state index in [1.165, 1.54) is 28.4 Å².